The van der Waals surface area contributed by atoms with Crippen molar-refractivity contribution in [2.75, 3.05) is 6.61 Å². The van der Waals surface area contributed by atoms with E-state index in [4.69, 9.17) is 4.74 Å². The van der Waals surface area contributed by atoms with Crippen molar-refractivity contribution in [3.05, 3.63) is 24.5 Å². The number of hydrogen-bond donors (Lipinski definition) is 1. The van der Waals surface area contributed by atoms with Crippen LogP contribution < -0.4 is 5.73 Å². The Balaban J connectivity index is 4.10. The van der Waals surface area contributed by atoms with Gasteiger partial charge in [0.1, 0.15) is 5.76 Å². The molecule has 0 saturated carbocycles. The van der Waals surface area contributed by atoms with E-state index in [1.165, 1.54) is 0 Å². The molecule has 0 aliphatic rings. The molecule has 0 radical (unpaired) electrons. The highest BCUT2D eigenvalue weighted by Crippen LogP contribution is 2.18. The van der Waals surface area contributed by atoms with Crippen molar-refractivity contribution < 1.29 is 10.5 Å². The van der Waals surface area contributed by atoms with E-state index in [1.807, 2.05) is 6.92 Å². The quantitative estimate of drug-likeness (QED) is 0.491. The second-order valence-corrected chi connectivity index (χ2v) is 3.15. The summed E-state index contributed by atoms with van der Waals surface area (Å²) in [6, 6.07) is 0.342. The third-order valence-electron chi connectivity index (χ3n) is 2.08. The lowest BCUT2D eigenvalue weighted by Crippen LogP contribution is -2.62. The zero-order chi connectivity index (χ0) is 9.72. The van der Waals surface area contributed by atoms with Gasteiger partial charge in [-0.2, -0.15) is 0 Å². The Morgan fingerprint density at radius 1 is 1.42 bits per heavy atom. The van der Waals surface area contributed by atoms with E-state index in [1.54, 1.807) is 0 Å². The smallest absolute Gasteiger partial charge is 0.115 e. The highest BCUT2D eigenvalue weighted by atomic mass is 16.5. The Bertz CT molecular complexity index is 173. The van der Waals surface area contributed by atoms with Crippen molar-refractivity contribution in [2.45, 2.75) is 26.8 Å². The Labute approximate surface area is 75.1 Å². The topological polar surface area (TPSA) is 36.9 Å². The SMILES string of the molecule is C=C(OCC)C(=C)C(C)C(C)[NH3+]. The van der Waals surface area contributed by atoms with Crippen LogP contribution in [-0.2, 0) is 4.74 Å². The second-order valence-electron chi connectivity index (χ2n) is 3.15. The zero-order valence-corrected chi connectivity index (χ0v) is 8.39. The first-order valence-electron chi connectivity index (χ1n) is 4.34. The molecule has 2 nitrogen and oxygen atoms in total. The maximum Gasteiger partial charge on any atom is 0.115 e. The fourth-order valence-electron chi connectivity index (χ4n) is 0.864. The normalized spacial score (nSPS) is 15.0. The molecule has 0 bridgehead atoms. The molecule has 0 aliphatic heterocycles. The van der Waals surface area contributed by atoms with E-state index in [-0.39, 0.29) is 0 Å². The molecular weight excluding hydrogens is 150 g/mol. The number of rotatable bonds is 5. The van der Waals surface area contributed by atoms with Crippen LogP contribution in [0.15, 0.2) is 24.5 Å². The molecule has 0 aromatic heterocycles. The zero-order valence-electron chi connectivity index (χ0n) is 8.39. The van der Waals surface area contributed by atoms with Crippen LogP contribution in [0.3, 0.4) is 0 Å². The van der Waals surface area contributed by atoms with Crippen molar-refractivity contribution in [3.8, 4) is 0 Å². The molecule has 70 valence electrons. The summed E-state index contributed by atoms with van der Waals surface area (Å²) in [6.45, 7) is 14.5. The first-order chi connectivity index (χ1) is 5.50. The van der Waals surface area contributed by atoms with Gasteiger partial charge in [0, 0.05) is 5.92 Å². The minimum absolute atomic E-state index is 0.337. The summed E-state index contributed by atoms with van der Waals surface area (Å²) in [5.74, 6) is 1.03. The Morgan fingerprint density at radius 2 is 1.92 bits per heavy atom. The third kappa shape index (κ3) is 3.09. The van der Waals surface area contributed by atoms with Gasteiger partial charge < -0.3 is 10.5 Å². The second kappa shape index (κ2) is 4.99. The van der Waals surface area contributed by atoms with E-state index in [0.29, 0.717) is 24.3 Å². The summed E-state index contributed by atoms with van der Waals surface area (Å²) in [5, 5.41) is 0. The fourth-order valence-corrected chi connectivity index (χ4v) is 0.864. The lowest BCUT2D eigenvalue weighted by molar-refractivity contribution is -0.423. The molecule has 0 aromatic carbocycles. The Hall–Kier alpha value is -0.760. The maximum absolute atomic E-state index is 5.25. The van der Waals surface area contributed by atoms with Crippen LogP contribution in [0.2, 0.25) is 0 Å². The van der Waals surface area contributed by atoms with E-state index >= 15 is 0 Å². The van der Waals surface area contributed by atoms with Crippen molar-refractivity contribution in [1.82, 2.24) is 0 Å². The van der Waals surface area contributed by atoms with Crippen LogP contribution in [0.25, 0.3) is 0 Å². The van der Waals surface area contributed by atoms with Crippen molar-refractivity contribution in [1.29, 1.82) is 0 Å². The van der Waals surface area contributed by atoms with Crippen LogP contribution in [0.1, 0.15) is 20.8 Å². The lowest BCUT2D eigenvalue weighted by Gasteiger charge is -2.17. The van der Waals surface area contributed by atoms with Gasteiger partial charge >= 0.3 is 0 Å². The average molecular weight is 170 g/mol. The van der Waals surface area contributed by atoms with Crippen LogP contribution in [0.5, 0.6) is 0 Å². The molecule has 3 N–H and O–H groups in total. The first-order valence-corrected chi connectivity index (χ1v) is 4.34. The van der Waals surface area contributed by atoms with Gasteiger partial charge in [0.2, 0.25) is 0 Å². The maximum atomic E-state index is 5.25. The summed E-state index contributed by atoms with van der Waals surface area (Å²) in [4.78, 5) is 0. The van der Waals surface area contributed by atoms with Gasteiger partial charge in [-0.3, -0.25) is 0 Å². The molecule has 0 aliphatic carbocycles. The van der Waals surface area contributed by atoms with Gasteiger partial charge in [-0.15, -0.1) is 0 Å². The molecular formula is C10H20NO+. The van der Waals surface area contributed by atoms with Gasteiger partial charge in [0.15, 0.2) is 0 Å². The third-order valence-corrected chi connectivity index (χ3v) is 2.08. The highest BCUT2D eigenvalue weighted by molar-refractivity contribution is 5.22. The van der Waals surface area contributed by atoms with Crippen molar-refractivity contribution in [3.63, 3.8) is 0 Å². The molecule has 2 atom stereocenters. The van der Waals surface area contributed by atoms with Gasteiger partial charge in [0.25, 0.3) is 0 Å². The van der Waals surface area contributed by atoms with Crippen molar-refractivity contribution >= 4 is 0 Å². The summed E-state index contributed by atoms with van der Waals surface area (Å²) in [7, 11) is 0. The predicted molar refractivity (Wildman–Crippen MR) is 51.4 cm³/mol. The largest absolute Gasteiger partial charge is 0.494 e. The molecule has 0 heterocycles. The van der Waals surface area contributed by atoms with Crippen LogP contribution >= 0.6 is 0 Å². The van der Waals surface area contributed by atoms with Gasteiger partial charge in [-0.25, -0.2) is 0 Å². The number of allylic oxidation sites excluding steroid dienone is 1. The van der Waals surface area contributed by atoms with Gasteiger partial charge in [-0.05, 0) is 19.4 Å². The lowest BCUT2D eigenvalue weighted by atomic mass is 9.95. The molecule has 0 saturated heterocycles. The van der Waals surface area contributed by atoms with Gasteiger partial charge in [-0.1, -0.05) is 20.1 Å². The van der Waals surface area contributed by atoms with Gasteiger partial charge in [0.05, 0.1) is 12.6 Å². The first kappa shape index (κ1) is 11.2. The number of hydrogen-bond acceptors (Lipinski definition) is 1. The van der Waals surface area contributed by atoms with E-state index in [9.17, 15) is 0 Å². The Kier molecular flexibility index (Phi) is 4.67. The number of ether oxygens (including phenoxy) is 1. The summed E-state index contributed by atoms with van der Waals surface area (Å²) in [6.07, 6.45) is 0. The standard InChI is InChI=1S/C10H19NO/c1-6-12-10(5)8(3)7(2)9(4)11/h7,9H,3,5-6,11H2,1-2,4H3/p+1. The van der Waals surface area contributed by atoms with Crippen LogP contribution in [0, 0.1) is 5.92 Å². The molecule has 12 heavy (non-hydrogen) atoms. The molecule has 0 aromatic rings. The summed E-state index contributed by atoms with van der Waals surface area (Å²) < 4.78 is 5.25. The fraction of sp³-hybridized carbons (Fsp3) is 0.600. The van der Waals surface area contributed by atoms with E-state index in [0.717, 1.165) is 5.57 Å². The summed E-state index contributed by atoms with van der Waals surface area (Å²) in [5.41, 5.74) is 4.90. The minimum Gasteiger partial charge on any atom is -0.494 e. The minimum atomic E-state index is 0.337. The number of quaternary nitrogens is 1. The Morgan fingerprint density at radius 3 is 2.25 bits per heavy atom. The average Bonchev–Trinajstić information content (AvgIpc) is 2.02. The molecule has 2 unspecified atom stereocenters. The van der Waals surface area contributed by atoms with Crippen LogP contribution in [-0.4, -0.2) is 12.6 Å². The molecule has 0 fully saturated rings. The van der Waals surface area contributed by atoms with Crippen LogP contribution in [0.4, 0.5) is 0 Å². The molecule has 0 rings (SSSR count). The molecule has 0 spiro atoms. The molecule has 0 amide bonds. The van der Waals surface area contributed by atoms with E-state index < -0.39 is 0 Å². The molecule has 2 heteroatoms. The van der Waals surface area contributed by atoms with Crippen molar-refractivity contribution in [2.24, 2.45) is 5.92 Å². The monoisotopic (exact) mass is 170 g/mol. The highest BCUT2D eigenvalue weighted by Gasteiger charge is 2.16. The van der Waals surface area contributed by atoms with E-state index in [2.05, 4.69) is 32.7 Å². The summed E-state index contributed by atoms with van der Waals surface area (Å²) >= 11 is 0. The predicted octanol–water partition coefficient (Wildman–Crippen LogP) is 1.36.